The normalized spacial score (nSPS) is 13.1. The van der Waals surface area contributed by atoms with Crippen LogP contribution in [-0.4, -0.2) is 34.5 Å². The second-order valence-corrected chi connectivity index (χ2v) is 5.86. The number of hydrogen-bond donors (Lipinski definition) is 2. The van der Waals surface area contributed by atoms with Crippen molar-refractivity contribution in [2.24, 2.45) is 5.73 Å². The molecule has 0 radical (unpaired) electrons. The number of aliphatic hydroxyl groups is 1. The summed E-state index contributed by atoms with van der Waals surface area (Å²) in [5.41, 5.74) is 4.56. The van der Waals surface area contributed by atoms with E-state index in [9.17, 15) is 9.90 Å². The standard InChI is InChI=1S/C13H20N2O4S/c1-5-20-9-6-8(19-13(2,3)12(14)17)7-15-10(9)11(16)18-4/h6-7,11,16H,5H2,1-4H3,(H2,14,17). The van der Waals surface area contributed by atoms with E-state index in [1.165, 1.54) is 25.1 Å². The topological polar surface area (TPSA) is 94.7 Å². The van der Waals surface area contributed by atoms with Gasteiger partial charge < -0.3 is 20.3 Å². The average molecular weight is 300 g/mol. The van der Waals surface area contributed by atoms with Gasteiger partial charge in [-0.25, -0.2) is 0 Å². The number of methoxy groups -OCH3 is 1. The van der Waals surface area contributed by atoms with Gasteiger partial charge in [0.25, 0.3) is 5.91 Å². The zero-order valence-electron chi connectivity index (χ0n) is 12.0. The minimum atomic E-state index is -1.13. The minimum Gasteiger partial charge on any atom is -0.476 e. The van der Waals surface area contributed by atoms with Crippen molar-refractivity contribution >= 4 is 17.7 Å². The Morgan fingerprint density at radius 3 is 2.75 bits per heavy atom. The molecule has 3 N–H and O–H groups in total. The van der Waals surface area contributed by atoms with Crippen molar-refractivity contribution in [2.45, 2.75) is 37.6 Å². The summed E-state index contributed by atoms with van der Waals surface area (Å²) >= 11 is 1.50. The summed E-state index contributed by atoms with van der Waals surface area (Å²) in [5.74, 6) is 0.647. The highest BCUT2D eigenvalue weighted by Crippen LogP contribution is 2.30. The molecule has 7 heteroatoms. The molecule has 112 valence electrons. The number of aliphatic hydroxyl groups excluding tert-OH is 1. The first kappa shape index (κ1) is 16.7. The van der Waals surface area contributed by atoms with Crippen LogP contribution < -0.4 is 10.5 Å². The monoisotopic (exact) mass is 300 g/mol. The van der Waals surface area contributed by atoms with E-state index in [2.05, 4.69) is 4.98 Å². The number of amides is 1. The molecular formula is C13H20N2O4S. The molecule has 1 unspecified atom stereocenters. The quantitative estimate of drug-likeness (QED) is 0.585. The second-order valence-electron chi connectivity index (χ2n) is 4.55. The van der Waals surface area contributed by atoms with Gasteiger partial charge in [-0.1, -0.05) is 6.92 Å². The van der Waals surface area contributed by atoms with Gasteiger partial charge in [0.15, 0.2) is 11.9 Å². The Bertz CT molecular complexity index is 479. The molecule has 0 fully saturated rings. The Balaban J connectivity index is 3.07. The molecule has 0 aromatic carbocycles. The van der Waals surface area contributed by atoms with Crippen molar-refractivity contribution in [3.05, 3.63) is 18.0 Å². The van der Waals surface area contributed by atoms with E-state index >= 15 is 0 Å². The summed E-state index contributed by atoms with van der Waals surface area (Å²) in [6, 6.07) is 1.71. The predicted molar refractivity (Wildman–Crippen MR) is 76.5 cm³/mol. The minimum absolute atomic E-state index is 0.414. The van der Waals surface area contributed by atoms with Crippen LogP contribution in [0.1, 0.15) is 32.8 Å². The van der Waals surface area contributed by atoms with Crippen molar-refractivity contribution in [1.29, 1.82) is 0 Å². The van der Waals surface area contributed by atoms with Gasteiger partial charge in [-0.3, -0.25) is 9.78 Å². The number of nitrogens with two attached hydrogens (primary N) is 1. The average Bonchev–Trinajstić information content (AvgIpc) is 2.38. The van der Waals surface area contributed by atoms with Crippen LogP contribution in [0.4, 0.5) is 0 Å². The molecule has 0 bridgehead atoms. The second kappa shape index (κ2) is 6.92. The number of ether oxygens (including phenoxy) is 2. The first-order chi connectivity index (χ1) is 9.31. The highest BCUT2D eigenvalue weighted by Gasteiger charge is 2.27. The first-order valence-corrected chi connectivity index (χ1v) is 7.13. The van der Waals surface area contributed by atoms with Crippen LogP contribution in [0.3, 0.4) is 0 Å². The third kappa shape index (κ3) is 4.09. The largest absolute Gasteiger partial charge is 0.476 e. The van der Waals surface area contributed by atoms with Gasteiger partial charge in [0.05, 0.1) is 6.20 Å². The molecule has 1 amide bonds. The Hall–Kier alpha value is -1.31. The lowest BCUT2D eigenvalue weighted by atomic mass is 10.1. The number of aromatic nitrogens is 1. The number of pyridine rings is 1. The van der Waals surface area contributed by atoms with Crippen molar-refractivity contribution in [3.8, 4) is 5.75 Å². The molecular weight excluding hydrogens is 280 g/mol. The van der Waals surface area contributed by atoms with Gasteiger partial charge in [0.2, 0.25) is 0 Å². The Morgan fingerprint density at radius 1 is 1.60 bits per heavy atom. The van der Waals surface area contributed by atoms with E-state index in [0.29, 0.717) is 11.4 Å². The number of carbonyl (C=O) groups is 1. The fraction of sp³-hybridized carbons (Fsp3) is 0.538. The maximum atomic E-state index is 11.3. The van der Waals surface area contributed by atoms with Crippen LogP contribution in [0, 0.1) is 0 Å². The van der Waals surface area contributed by atoms with Crippen molar-refractivity contribution in [1.82, 2.24) is 4.98 Å². The Morgan fingerprint density at radius 2 is 2.25 bits per heavy atom. The zero-order chi connectivity index (χ0) is 15.3. The molecule has 0 spiro atoms. The van der Waals surface area contributed by atoms with Crippen molar-refractivity contribution in [2.75, 3.05) is 12.9 Å². The molecule has 1 aromatic rings. The molecule has 20 heavy (non-hydrogen) atoms. The molecule has 1 heterocycles. The van der Waals surface area contributed by atoms with Crippen LogP contribution in [0.15, 0.2) is 17.2 Å². The third-order valence-electron chi connectivity index (χ3n) is 2.58. The van der Waals surface area contributed by atoms with E-state index in [4.69, 9.17) is 15.2 Å². The van der Waals surface area contributed by atoms with E-state index in [1.54, 1.807) is 19.9 Å². The molecule has 0 saturated carbocycles. The first-order valence-electron chi connectivity index (χ1n) is 6.14. The fourth-order valence-corrected chi connectivity index (χ4v) is 2.22. The summed E-state index contributed by atoms with van der Waals surface area (Å²) in [4.78, 5) is 16.1. The molecule has 1 rings (SSSR count). The lowest BCUT2D eigenvalue weighted by Gasteiger charge is -2.23. The van der Waals surface area contributed by atoms with Gasteiger partial charge >= 0.3 is 0 Å². The lowest BCUT2D eigenvalue weighted by molar-refractivity contribution is -0.130. The predicted octanol–water partition coefficient (Wildman–Crippen LogP) is 1.47. The maximum Gasteiger partial charge on any atom is 0.261 e. The summed E-state index contributed by atoms with van der Waals surface area (Å²) in [6.07, 6.45) is 0.337. The van der Waals surface area contributed by atoms with Crippen molar-refractivity contribution < 1.29 is 19.4 Å². The Labute approximate surface area is 122 Å². The van der Waals surface area contributed by atoms with E-state index in [0.717, 1.165) is 10.6 Å². The van der Waals surface area contributed by atoms with Crippen LogP contribution in [0.2, 0.25) is 0 Å². The van der Waals surface area contributed by atoms with Gasteiger partial charge in [-0.15, -0.1) is 11.8 Å². The third-order valence-corrected chi connectivity index (χ3v) is 3.51. The lowest BCUT2D eigenvalue weighted by Crippen LogP contribution is -2.43. The number of carbonyl (C=O) groups excluding carboxylic acids is 1. The summed E-state index contributed by atoms with van der Waals surface area (Å²) in [7, 11) is 1.40. The maximum absolute atomic E-state index is 11.3. The van der Waals surface area contributed by atoms with E-state index in [1.807, 2.05) is 6.92 Å². The van der Waals surface area contributed by atoms with Gasteiger partial charge in [-0.05, 0) is 25.7 Å². The molecule has 6 nitrogen and oxygen atoms in total. The number of hydrogen-bond acceptors (Lipinski definition) is 6. The van der Waals surface area contributed by atoms with Crippen LogP contribution in [-0.2, 0) is 9.53 Å². The van der Waals surface area contributed by atoms with Crippen LogP contribution in [0.25, 0.3) is 0 Å². The summed E-state index contributed by atoms with van der Waals surface area (Å²) in [5, 5.41) is 9.74. The molecule has 1 aromatic heterocycles. The summed E-state index contributed by atoms with van der Waals surface area (Å²) in [6.45, 7) is 5.15. The SMILES string of the molecule is CCSc1cc(OC(C)(C)C(N)=O)cnc1C(O)OC. The Kier molecular flexibility index (Phi) is 5.79. The fourth-order valence-electron chi connectivity index (χ4n) is 1.41. The number of primary amides is 1. The smallest absolute Gasteiger partial charge is 0.261 e. The number of thioether (sulfide) groups is 1. The van der Waals surface area contributed by atoms with E-state index < -0.39 is 17.8 Å². The number of rotatable bonds is 7. The highest BCUT2D eigenvalue weighted by atomic mass is 32.2. The molecule has 1 atom stereocenters. The molecule has 0 aliphatic heterocycles. The summed E-state index contributed by atoms with van der Waals surface area (Å²) < 4.78 is 10.4. The van der Waals surface area contributed by atoms with E-state index in [-0.39, 0.29) is 0 Å². The van der Waals surface area contributed by atoms with Gasteiger partial charge in [0.1, 0.15) is 11.4 Å². The number of nitrogens with zero attached hydrogens (tertiary/aromatic N) is 1. The zero-order valence-corrected chi connectivity index (χ0v) is 12.9. The molecule has 0 saturated heterocycles. The van der Waals surface area contributed by atoms with Crippen LogP contribution in [0.5, 0.6) is 5.75 Å². The molecule has 0 aliphatic rings. The van der Waals surface area contributed by atoms with Gasteiger partial charge in [-0.2, -0.15) is 0 Å². The molecule has 0 aliphatic carbocycles. The van der Waals surface area contributed by atoms with Crippen molar-refractivity contribution in [3.63, 3.8) is 0 Å². The van der Waals surface area contributed by atoms with Gasteiger partial charge in [0, 0.05) is 12.0 Å². The highest BCUT2D eigenvalue weighted by molar-refractivity contribution is 7.99. The van der Waals surface area contributed by atoms with Crippen LogP contribution >= 0.6 is 11.8 Å².